The molecule has 3 aliphatic heterocycles. The van der Waals surface area contributed by atoms with E-state index in [1.165, 1.54) is 0 Å². The van der Waals surface area contributed by atoms with Crippen LogP contribution in [0.2, 0.25) is 10.0 Å². The highest BCUT2D eigenvalue weighted by Gasteiger charge is 2.46. The third kappa shape index (κ3) is 13.6. The summed E-state index contributed by atoms with van der Waals surface area (Å²) in [6.45, 7) is 12.4. The fourth-order valence-corrected chi connectivity index (χ4v) is 10.4. The predicted octanol–water partition coefficient (Wildman–Crippen LogP) is 8.76. The molecule has 5 amide bonds. The molecule has 4 atom stereocenters. The highest BCUT2D eigenvalue weighted by atomic mass is 35.5. The number of aromatic nitrogens is 3. The van der Waals surface area contributed by atoms with Crippen LogP contribution in [0.25, 0.3) is 5.65 Å². The van der Waals surface area contributed by atoms with E-state index in [9.17, 15) is 14.4 Å². The summed E-state index contributed by atoms with van der Waals surface area (Å²) in [4.78, 5) is 72.7. The van der Waals surface area contributed by atoms with Crippen molar-refractivity contribution in [2.45, 2.75) is 77.7 Å². The van der Waals surface area contributed by atoms with Gasteiger partial charge in [-0.2, -0.15) is 5.10 Å². The van der Waals surface area contributed by atoms with Crippen molar-refractivity contribution in [3.8, 4) is 17.2 Å². The average Bonchev–Trinajstić information content (AvgIpc) is 4.29. The molecule has 1 saturated heterocycles. The Hall–Kier alpha value is -7.25. The summed E-state index contributed by atoms with van der Waals surface area (Å²) in [5.74, 6) is 1.65. The third-order valence-corrected chi connectivity index (χ3v) is 14.6. The van der Waals surface area contributed by atoms with Crippen LogP contribution in [0.1, 0.15) is 96.0 Å². The molecule has 4 aromatic carbocycles. The summed E-state index contributed by atoms with van der Waals surface area (Å²) >= 11 is 12.7. The molecule has 20 heteroatoms. The van der Waals surface area contributed by atoms with Crippen LogP contribution in [0.15, 0.2) is 108 Å². The number of hydrogen-bond acceptors (Lipinski definition) is 12. The molecular formula is C59H67Cl2N9O9. The number of nitrogens with one attached hydrogen (secondary N) is 1. The topological polar surface area (TPSA) is 182 Å². The van der Waals surface area contributed by atoms with E-state index in [0.29, 0.717) is 63.7 Å². The Labute approximate surface area is 470 Å². The van der Waals surface area contributed by atoms with E-state index in [1.54, 1.807) is 73.8 Å². The number of fused-ring (bicyclic) bond motifs is 2. The minimum absolute atomic E-state index is 0.111. The lowest BCUT2D eigenvalue weighted by atomic mass is 9.93. The second-order valence-corrected chi connectivity index (χ2v) is 21.2. The molecule has 0 spiro atoms. The highest BCUT2D eigenvalue weighted by Crippen LogP contribution is 2.46. The first-order valence-electron chi connectivity index (χ1n) is 26.8. The van der Waals surface area contributed by atoms with Gasteiger partial charge in [0.2, 0.25) is 11.8 Å². The van der Waals surface area contributed by atoms with Crippen LogP contribution in [0.3, 0.4) is 0 Å². The van der Waals surface area contributed by atoms with Crippen molar-refractivity contribution in [1.29, 1.82) is 0 Å². The van der Waals surface area contributed by atoms with Crippen LogP contribution >= 0.6 is 23.2 Å². The number of carbonyl (C=O) groups excluding carboxylic acids is 4. The maximum Gasteiger partial charge on any atom is 0.326 e. The maximum absolute atomic E-state index is 15.1. The number of amidine groups is 1. The molecule has 1 N–H and O–H groups in total. The van der Waals surface area contributed by atoms with Crippen LogP contribution < -0.4 is 19.5 Å². The van der Waals surface area contributed by atoms with Gasteiger partial charge < -0.3 is 43.7 Å². The van der Waals surface area contributed by atoms with Crippen molar-refractivity contribution in [1.82, 2.24) is 39.5 Å². The van der Waals surface area contributed by atoms with Gasteiger partial charge >= 0.3 is 6.03 Å². The van der Waals surface area contributed by atoms with Crippen molar-refractivity contribution < 1.29 is 42.9 Å². The number of carbonyl (C=O) groups is 4. The van der Waals surface area contributed by atoms with Gasteiger partial charge in [0.25, 0.3) is 5.91 Å². The summed E-state index contributed by atoms with van der Waals surface area (Å²) in [6, 6.07) is 26.7. The summed E-state index contributed by atoms with van der Waals surface area (Å²) in [6.07, 6.45) is 3.59. The number of hydrogen-bond donors (Lipinski definition) is 1. The fraction of sp³-hybridized carbons (Fsp3) is 0.407. The van der Waals surface area contributed by atoms with E-state index in [-0.39, 0.29) is 107 Å². The third-order valence-electron chi connectivity index (χ3n) is 14.1. The molecule has 5 heterocycles. The second-order valence-electron chi connectivity index (χ2n) is 20.3. The maximum atomic E-state index is 15.1. The van der Waals surface area contributed by atoms with Gasteiger partial charge in [0, 0.05) is 67.1 Å². The van der Waals surface area contributed by atoms with Gasteiger partial charge in [-0.25, -0.2) is 14.3 Å². The Morgan fingerprint density at radius 3 is 2.29 bits per heavy atom. The quantitative estimate of drug-likeness (QED) is 0.0813. The SMILES string of the molecule is COc1ccc(C2=N[C@H](c3ccc(Cl)cc3)[C@H](c3ccc(Cl)cc3)N2C(=O)N2CCN(CCOCCOCCC(=O)NCCN3C[C@H](C)Oc4ccc(C)cc4[C@@H](C)Cc4ccn5ncc(c5n4)C3=O)C(=O)C2)c(OC(C)C)c1. The fourth-order valence-electron chi connectivity index (χ4n) is 10.1. The number of nitrogens with zero attached hydrogens (tertiary/aromatic N) is 8. The Balaban J connectivity index is 0.753. The summed E-state index contributed by atoms with van der Waals surface area (Å²) in [7, 11) is 1.58. The molecule has 0 radical (unpaired) electrons. The first-order valence-corrected chi connectivity index (χ1v) is 27.5. The number of halogens is 2. The summed E-state index contributed by atoms with van der Waals surface area (Å²) in [5, 5.41) is 8.44. The minimum Gasteiger partial charge on any atom is -0.497 e. The van der Waals surface area contributed by atoms with Gasteiger partial charge in [0.15, 0.2) is 5.65 Å². The van der Waals surface area contributed by atoms with Gasteiger partial charge in [-0.15, -0.1) is 0 Å². The van der Waals surface area contributed by atoms with Crippen molar-refractivity contribution in [3.05, 3.63) is 153 Å². The number of aliphatic imine (C=N–C) groups is 1. The molecule has 3 aliphatic rings. The van der Waals surface area contributed by atoms with Gasteiger partial charge in [0.1, 0.15) is 47.3 Å². The normalized spacial score (nSPS) is 18.7. The van der Waals surface area contributed by atoms with Crippen molar-refractivity contribution >= 4 is 58.4 Å². The van der Waals surface area contributed by atoms with Gasteiger partial charge in [-0.1, -0.05) is 72.1 Å². The summed E-state index contributed by atoms with van der Waals surface area (Å²) in [5.41, 5.74) is 6.14. The van der Waals surface area contributed by atoms with Crippen LogP contribution in [0.5, 0.6) is 17.2 Å². The second kappa shape index (κ2) is 25.7. The zero-order valence-corrected chi connectivity index (χ0v) is 46.9. The number of aryl methyl sites for hydroxylation is 1. The first kappa shape index (κ1) is 56.5. The lowest BCUT2D eigenvalue weighted by Gasteiger charge is -2.38. The van der Waals surface area contributed by atoms with Crippen molar-refractivity contribution in [3.63, 3.8) is 0 Å². The average molecular weight is 1120 g/mol. The molecule has 0 unspecified atom stereocenters. The number of benzene rings is 4. The van der Waals surface area contributed by atoms with Crippen LogP contribution in [-0.4, -0.2) is 155 Å². The van der Waals surface area contributed by atoms with E-state index in [2.05, 4.69) is 30.3 Å². The number of ether oxygens (including phenoxy) is 5. The molecule has 6 aromatic rings. The molecular weight excluding hydrogens is 1050 g/mol. The van der Waals surface area contributed by atoms with E-state index in [0.717, 1.165) is 33.7 Å². The zero-order valence-electron chi connectivity index (χ0n) is 45.4. The van der Waals surface area contributed by atoms with Crippen LogP contribution in [0.4, 0.5) is 4.79 Å². The van der Waals surface area contributed by atoms with E-state index < -0.39 is 12.1 Å². The highest BCUT2D eigenvalue weighted by molar-refractivity contribution is 6.30. The van der Waals surface area contributed by atoms with Gasteiger partial charge in [-0.3, -0.25) is 24.3 Å². The lowest BCUT2D eigenvalue weighted by Crippen LogP contribution is -2.56. The molecule has 18 nitrogen and oxygen atoms in total. The van der Waals surface area contributed by atoms with Crippen molar-refractivity contribution in [2.75, 3.05) is 79.4 Å². The molecule has 0 aliphatic carbocycles. The van der Waals surface area contributed by atoms with Crippen molar-refractivity contribution in [2.24, 2.45) is 4.99 Å². The molecule has 416 valence electrons. The molecule has 2 aromatic heterocycles. The Bertz CT molecular complexity index is 3170. The Kier molecular flexibility index (Phi) is 18.4. The number of piperazine rings is 1. The molecule has 2 bridgehead atoms. The predicted molar refractivity (Wildman–Crippen MR) is 301 cm³/mol. The van der Waals surface area contributed by atoms with Gasteiger partial charge in [-0.05, 0) is 105 Å². The van der Waals surface area contributed by atoms with E-state index >= 15 is 4.79 Å². The smallest absolute Gasteiger partial charge is 0.326 e. The van der Waals surface area contributed by atoms with E-state index in [4.69, 9.17) is 56.9 Å². The number of urea groups is 1. The molecule has 0 saturated carbocycles. The minimum atomic E-state index is -0.625. The number of methoxy groups -OCH3 is 1. The van der Waals surface area contributed by atoms with Crippen LogP contribution in [-0.2, 0) is 25.5 Å². The van der Waals surface area contributed by atoms with E-state index in [1.807, 2.05) is 75.5 Å². The largest absolute Gasteiger partial charge is 0.497 e. The molecule has 79 heavy (non-hydrogen) atoms. The standard InChI is InChI=1S/C59H67Cl2N9O9/c1-37(2)78-51-33-46(75-6)16-17-47(51)57-65-54(41-8-12-43(60)13-9-41)55(42-10-14-44(61)15-11-42)70(57)59(74)68-25-24-66(53(72)36-68)26-28-77-30-29-76-27-20-52(71)62-21-23-67-35-40(5)79-50-18-7-38(3)31-48(50)39(4)32-45-19-22-69-56(64-45)49(34-63-69)58(67)73/h7-19,22,31,33-34,37,39-40,54-55H,20-21,23-30,32,35-36H2,1-6H3,(H,62,71)/t39-,40-,54+,55-/m0/s1. The monoisotopic (exact) mass is 1120 g/mol. The molecule has 1 fully saturated rings. The van der Waals surface area contributed by atoms with Gasteiger partial charge in [0.05, 0.1) is 64.0 Å². The summed E-state index contributed by atoms with van der Waals surface area (Å²) < 4.78 is 31.5. The number of rotatable bonds is 18. The Morgan fingerprint density at radius 1 is 0.835 bits per heavy atom. The van der Waals surface area contributed by atoms with Crippen LogP contribution in [0, 0.1) is 6.92 Å². The Morgan fingerprint density at radius 2 is 1.57 bits per heavy atom. The lowest BCUT2D eigenvalue weighted by molar-refractivity contribution is -0.135. The molecule has 9 rings (SSSR count). The first-order chi connectivity index (χ1) is 38.1. The zero-order chi connectivity index (χ0) is 55.7. The number of amides is 5.